The molecule has 1 N–H and O–H groups in total. The van der Waals surface area contributed by atoms with Gasteiger partial charge in [0.2, 0.25) is 10.0 Å². The molecule has 0 aliphatic rings. The van der Waals surface area contributed by atoms with Crippen molar-refractivity contribution in [3.05, 3.63) is 75.8 Å². The van der Waals surface area contributed by atoms with Crippen molar-refractivity contribution in [3.8, 4) is 11.8 Å². The molecule has 0 spiro atoms. The highest BCUT2D eigenvalue weighted by molar-refractivity contribution is 9.10. The Morgan fingerprint density at radius 1 is 1.18 bits per heavy atom. The van der Waals surface area contributed by atoms with Crippen LogP contribution in [-0.2, 0) is 10.0 Å². The SMILES string of the molecule is CC(C)=CCN(CC#CC(O)c1ccccc1Br)S(=O)(=O)c1ccc(C)cc1. The van der Waals surface area contributed by atoms with Gasteiger partial charge in [-0.05, 0) is 39.0 Å². The van der Waals surface area contributed by atoms with Gasteiger partial charge in [-0.1, -0.05) is 75.3 Å². The van der Waals surface area contributed by atoms with Crippen LogP contribution in [0.2, 0.25) is 0 Å². The van der Waals surface area contributed by atoms with Crippen molar-refractivity contribution < 1.29 is 13.5 Å². The first-order valence-electron chi connectivity index (χ1n) is 8.83. The summed E-state index contributed by atoms with van der Waals surface area (Å²) in [6, 6.07) is 14.0. The molecule has 4 nitrogen and oxygen atoms in total. The van der Waals surface area contributed by atoms with Crippen LogP contribution in [0.25, 0.3) is 0 Å². The molecule has 0 aliphatic carbocycles. The van der Waals surface area contributed by atoms with Gasteiger partial charge < -0.3 is 5.11 Å². The summed E-state index contributed by atoms with van der Waals surface area (Å²) in [5.41, 5.74) is 2.66. The molecular weight excluding hydrogens is 438 g/mol. The molecule has 2 rings (SSSR count). The summed E-state index contributed by atoms with van der Waals surface area (Å²) in [5, 5.41) is 10.3. The standard InChI is InChI=1S/C22H24BrNO3S/c1-17(2)14-16-24(28(26,27)19-12-10-18(3)11-13-19)15-6-9-22(25)20-7-4-5-8-21(20)23/h4-5,7-8,10-14,22,25H,15-16H2,1-3H3. The Hall–Kier alpha value is -1.91. The maximum Gasteiger partial charge on any atom is 0.244 e. The van der Waals surface area contributed by atoms with Crippen LogP contribution in [0.3, 0.4) is 0 Å². The summed E-state index contributed by atoms with van der Waals surface area (Å²) in [4.78, 5) is 0.230. The van der Waals surface area contributed by atoms with Crippen molar-refractivity contribution in [1.82, 2.24) is 4.31 Å². The number of hydrogen-bond donors (Lipinski definition) is 1. The number of sulfonamides is 1. The predicted molar refractivity (Wildman–Crippen MR) is 116 cm³/mol. The van der Waals surface area contributed by atoms with Gasteiger partial charge in [0.25, 0.3) is 0 Å². The Bertz CT molecular complexity index is 998. The van der Waals surface area contributed by atoms with E-state index in [9.17, 15) is 13.5 Å². The van der Waals surface area contributed by atoms with E-state index in [2.05, 4.69) is 27.8 Å². The largest absolute Gasteiger partial charge is 0.376 e. The Balaban J connectivity index is 2.26. The molecule has 0 aliphatic heterocycles. The summed E-state index contributed by atoms with van der Waals surface area (Å²) in [5.74, 6) is 5.56. The van der Waals surface area contributed by atoms with Crippen molar-refractivity contribution in [3.63, 3.8) is 0 Å². The highest BCUT2D eigenvalue weighted by atomic mass is 79.9. The van der Waals surface area contributed by atoms with Crippen LogP contribution < -0.4 is 0 Å². The topological polar surface area (TPSA) is 57.6 Å². The number of aliphatic hydroxyl groups is 1. The maximum absolute atomic E-state index is 13.0. The summed E-state index contributed by atoms with van der Waals surface area (Å²) in [6.45, 7) is 5.95. The zero-order valence-electron chi connectivity index (χ0n) is 16.2. The molecule has 2 aromatic carbocycles. The van der Waals surface area contributed by atoms with Crippen molar-refractivity contribution in [1.29, 1.82) is 0 Å². The summed E-state index contributed by atoms with van der Waals surface area (Å²) in [6.07, 6.45) is 0.848. The molecule has 0 saturated heterocycles. The molecule has 6 heteroatoms. The number of hydrogen-bond acceptors (Lipinski definition) is 3. The zero-order chi connectivity index (χ0) is 20.7. The number of allylic oxidation sites excluding steroid dienone is 1. The van der Waals surface area contributed by atoms with E-state index in [0.29, 0.717) is 5.56 Å². The van der Waals surface area contributed by atoms with Gasteiger partial charge in [-0.3, -0.25) is 0 Å². The lowest BCUT2D eigenvalue weighted by Crippen LogP contribution is -2.32. The molecule has 1 atom stereocenters. The highest BCUT2D eigenvalue weighted by Crippen LogP contribution is 2.22. The number of aryl methyl sites for hydroxylation is 1. The van der Waals surface area contributed by atoms with E-state index >= 15 is 0 Å². The van der Waals surface area contributed by atoms with Gasteiger partial charge in [-0.15, -0.1) is 0 Å². The van der Waals surface area contributed by atoms with Crippen LogP contribution in [0.5, 0.6) is 0 Å². The first-order chi connectivity index (χ1) is 13.2. The molecule has 148 valence electrons. The summed E-state index contributed by atoms with van der Waals surface area (Å²) >= 11 is 3.38. The van der Waals surface area contributed by atoms with Crippen LogP contribution in [0.1, 0.15) is 31.1 Å². The first-order valence-corrected chi connectivity index (χ1v) is 11.1. The number of halogens is 1. The third-order valence-corrected chi connectivity index (χ3v) is 6.60. The van der Waals surface area contributed by atoms with Crippen LogP contribution in [-0.4, -0.2) is 30.9 Å². The average Bonchev–Trinajstić information content (AvgIpc) is 2.64. The van der Waals surface area contributed by atoms with Gasteiger partial charge in [-0.2, -0.15) is 4.31 Å². The fourth-order valence-electron chi connectivity index (χ4n) is 2.40. The van der Waals surface area contributed by atoms with Gasteiger partial charge >= 0.3 is 0 Å². The minimum absolute atomic E-state index is 0.0124. The normalized spacial score (nSPS) is 12.2. The van der Waals surface area contributed by atoms with Gasteiger partial charge in [0.15, 0.2) is 0 Å². The monoisotopic (exact) mass is 461 g/mol. The van der Waals surface area contributed by atoms with Crippen molar-refractivity contribution >= 4 is 26.0 Å². The third kappa shape index (κ3) is 6.05. The molecule has 2 aromatic rings. The molecule has 28 heavy (non-hydrogen) atoms. The van der Waals surface area contributed by atoms with Crippen LogP contribution in [0, 0.1) is 18.8 Å². The van der Waals surface area contributed by atoms with Crippen molar-refractivity contribution in [2.45, 2.75) is 31.8 Å². The lowest BCUT2D eigenvalue weighted by Gasteiger charge is -2.19. The molecule has 0 bridgehead atoms. The molecule has 0 fully saturated rings. The lowest BCUT2D eigenvalue weighted by atomic mass is 10.1. The molecular formula is C22H24BrNO3S. The third-order valence-electron chi connectivity index (χ3n) is 4.06. The molecule has 0 heterocycles. The van der Waals surface area contributed by atoms with E-state index in [1.165, 1.54) is 4.31 Å². The predicted octanol–water partition coefficient (Wildman–Crippen LogP) is 4.45. The molecule has 1 unspecified atom stereocenters. The number of nitrogens with zero attached hydrogens (tertiary/aromatic N) is 1. The maximum atomic E-state index is 13.0. The number of rotatable bonds is 6. The van der Waals surface area contributed by atoms with E-state index in [1.54, 1.807) is 30.3 Å². The summed E-state index contributed by atoms with van der Waals surface area (Å²) in [7, 11) is -3.69. The van der Waals surface area contributed by atoms with Gasteiger partial charge in [0.1, 0.15) is 6.10 Å². The molecule has 0 aromatic heterocycles. The molecule has 0 radical (unpaired) electrons. The highest BCUT2D eigenvalue weighted by Gasteiger charge is 2.22. The summed E-state index contributed by atoms with van der Waals surface area (Å²) < 4.78 is 28.1. The Labute approximate surface area is 176 Å². The second kappa shape index (κ2) is 10.0. The van der Waals surface area contributed by atoms with Gasteiger partial charge in [0, 0.05) is 16.6 Å². The van der Waals surface area contributed by atoms with Gasteiger partial charge in [-0.25, -0.2) is 8.42 Å². The van der Waals surface area contributed by atoms with E-state index in [-0.39, 0.29) is 18.0 Å². The van der Waals surface area contributed by atoms with Crippen molar-refractivity contribution in [2.75, 3.05) is 13.1 Å². The number of aliphatic hydroxyl groups excluding tert-OH is 1. The van der Waals surface area contributed by atoms with Crippen LogP contribution >= 0.6 is 15.9 Å². The lowest BCUT2D eigenvalue weighted by molar-refractivity contribution is 0.237. The van der Waals surface area contributed by atoms with Gasteiger partial charge in [0.05, 0.1) is 11.4 Å². The fourth-order valence-corrected chi connectivity index (χ4v) is 4.18. The van der Waals surface area contributed by atoms with E-state index in [1.807, 2.05) is 45.0 Å². The average molecular weight is 462 g/mol. The minimum Gasteiger partial charge on any atom is -0.376 e. The number of benzene rings is 2. The molecule has 0 amide bonds. The van der Waals surface area contributed by atoms with E-state index in [4.69, 9.17) is 0 Å². The van der Waals surface area contributed by atoms with Crippen LogP contribution in [0.15, 0.2) is 69.5 Å². The van der Waals surface area contributed by atoms with E-state index < -0.39 is 16.1 Å². The Morgan fingerprint density at radius 2 is 1.82 bits per heavy atom. The molecule has 0 saturated carbocycles. The smallest absolute Gasteiger partial charge is 0.244 e. The van der Waals surface area contributed by atoms with Crippen molar-refractivity contribution in [2.24, 2.45) is 0 Å². The minimum atomic E-state index is -3.69. The van der Waals surface area contributed by atoms with E-state index in [0.717, 1.165) is 15.6 Å². The fraction of sp³-hybridized carbons (Fsp3) is 0.273. The first kappa shape index (κ1) is 22.4. The Kier molecular flexibility index (Phi) is 8.02. The van der Waals surface area contributed by atoms with Crippen LogP contribution in [0.4, 0.5) is 0 Å². The second-order valence-corrected chi connectivity index (χ2v) is 9.43. The zero-order valence-corrected chi connectivity index (χ0v) is 18.6. The Morgan fingerprint density at radius 3 is 2.43 bits per heavy atom. The second-order valence-electron chi connectivity index (χ2n) is 6.64. The quantitative estimate of drug-likeness (QED) is 0.510.